The van der Waals surface area contributed by atoms with Gasteiger partial charge < -0.3 is 5.11 Å². The number of carbonyl (C=O) groups excluding carboxylic acids is 1. The Kier molecular flexibility index (Phi) is 14.4. The van der Waals surface area contributed by atoms with E-state index < -0.39 is 0 Å². The normalized spacial score (nSPS) is 11.8. The van der Waals surface area contributed by atoms with Crippen molar-refractivity contribution in [3.8, 4) is 22.4 Å². The van der Waals surface area contributed by atoms with Gasteiger partial charge in [-0.05, 0) is 91.4 Å². The van der Waals surface area contributed by atoms with Gasteiger partial charge in [-0.3, -0.25) is 9.78 Å². The van der Waals surface area contributed by atoms with Crippen molar-refractivity contribution in [3.63, 3.8) is 0 Å². The fourth-order valence-corrected chi connectivity index (χ4v) is 5.86. The molecule has 0 aliphatic heterocycles. The minimum Gasteiger partial charge on any atom is -0.512 e. The van der Waals surface area contributed by atoms with Crippen LogP contribution in [-0.2, 0) is 30.3 Å². The number of hydrogen-bond acceptors (Lipinski definition) is 3. The number of aryl methyl sites for hydroxylation is 3. The second-order valence-electron chi connectivity index (χ2n) is 13.1. The van der Waals surface area contributed by atoms with Crippen LogP contribution in [0.5, 0.6) is 0 Å². The van der Waals surface area contributed by atoms with Gasteiger partial charge in [0.2, 0.25) is 0 Å². The third kappa shape index (κ3) is 9.96. The molecule has 243 valence electrons. The van der Waals surface area contributed by atoms with Crippen LogP contribution in [0.25, 0.3) is 33.3 Å². The molecule has 0 unspecified atom stereocenters. The number of carbonyl (C=O) groups is 1. The molecule has 0 atom stereocenters. The third-order valence-corrected chi connectivity index (χ3v) is 8.69. The van der Waals surface area contributed by atoms with Crippen LogP contribution < -0.4 is 0 Å². The number of ketones is 1. The zero-order chi connectivity index (χ0) is 32.6. The molecule has 0 saturated carbocycles. The number of fused-ring (bicyclic) bond motifs is 1. The Bertz CT molecular complexity index is 1590. The summed E-state index contributed by atoms with van der Waals surface area (Å²) in [6, 6.07) is 25.2. The van der Waals surface area contributed by atoms with Crippen molar-refractivity contribution in [2.75, 3.05) is 0 Å². The fourth-order valence-electron chi connectivity index (χ4n) is 5.86. The summed E-state index contributed by atoms with van der Waals surface area (Å²) in [7, 11) is 0. The molecule has 0 bridgehead atoms. The van der Waals surface area contributed by atoms with E-state index in [2.05, 4.69) is 102 Å². The molecule has 0 aliphatic rings. The Labute approximate surface area is 285 Å². The minimum absolute atomic E-state index is 0. The second-order valence-corrected chi connectivity index (χ2v) is 13.1. The van der Waals surface area contributed by atoms with E-state index in [0.717, 1.165) is 42.5 Å². The number of pyridine rings is 1. The van der Waals surface area contributed by atoms with E-state index in [4.69, 9.17) is 4.98 Å². The number of allylic oxidation sites excluding steroid dienone is 2. The van der Waals surface area contributed by atoms with Crippen molar-refractivity contribution in [1.29, 1.82) is 0 Å². The summed E-state index contributed by atoms with van der Waals surface area (Å²) in [6.45, 7) is 21.3. The first kappa shape index (κ1) is 38.1. The second kappa shape index (κ2) is 17.0. The summed E-state index contributed by atoms with van der Waals surface area (Å²) in [5.74, 6) is 0.547. The number of aliphatic hydroxyl groups is 1. The van der Waals surface area contributed by atoms with E-state index in [1.807, 2.05) is 33.8 Å². The molecule has 0 amide bonds. The summed E-state index contributed by atoms with van der Waals surface area (Å²) in [5, 5.41) is 11.0. The molecule has 0 spiro atoms. The SMILES string of the molecule is CCC(CC)C(=O)/C=C(\O)C(CC)CC.Cc1cc(C)c2c(C)cc(-c3[c-]ccc(-c4ccc(C(C)(C)C)cc4)c3)nc2c1.[Ir]. The quantitative estimate of drug-likeness (QED) is 0.105. The third-order valence-electron chi connectivity index (χ3n) is 8.69. The van der Waals surface area contributed by atoms with Crippen molar-refractivity contribution in [1.82, 2.24) is 4.98 Å². The summed E-state index contributed by atoms with van der Waals surface area (Å²) < 4.78 is 0. The van der Waals surface area contributed by atoms with E-state index in [1.165, 1.54) is 44.8 Å². The molecule has 0 fully saturated rings. The number of benzene rings is 3. The van der Waals surface area contributed by atoms with Crippen LogP contribution in [0.4, 0.5) is 0 Å². The molecule has 1 aromatic heterocycles. The molecule has 45 heavy (non-hydrogen) atoms. The van der Waals surface area contributed by atoms with Crippen molar-refractivity contribution in [2.45, 2.75) is 100 Å². The van der Waals surface area contributed by atoms with Crippen LogP contribution in [0, 0.1) is 38.7 Å². The minimum atomic E-state index is 0. The van der Waals surface area contributed by atoms with Gasteiger partial charge in [0, 0.05) is 43.4 Å². The van der Waals surface area contributed by atoms with Gasteiger partial charge in [0.15, 0.2) is 5.78 Å². The van der Waals surface area contributed by atoms with Gasteiger partial charge in [-0.1, -0.05) is 84.9 Å². The maximum Gasteiger partial charge on any atom is 0.162 e. The van der Waals surface area contributed by atoms with Crippen LogP contribution in [-0.4, -0.2) is 15.9 Å². The van der Waals surface area contributed by atoms with Crippen LogP contribution in [0.15, 0.2) is 72.5 Å². The largest absolute Gasteiger partial charge is 0.512 e. The molecular weight excluding hydrogens is 731 g/mol. The number of aromatic nitrogens is 1. The molecule has 4 aromatic rings. The summed E-state index contributed by atoms with van der Waals surface area (Å²) in [5.41, 5.74) is 10.8. The van der Waals surface area contributed by atoms with Crippen molar-refractivity contribution < 1.29 is 30.0 Å². The zero-order valence-corrected chi connectivity index (χ0v) is 31.4. The smallest absolute Gasteiger partial charge is 0.162 e. The number of nitrogens with zero attached hydrogens (tertiary/aromatic N) is 1. The van der Waals surface area contributed by atoms with Gasteiger partial charge in [-0.15, -0.1) is 35.4 Å². The zero-order valence-electron chi connectivity index (χ0n) is 29.0. The van der Waals surface area contributed by atoms with Crippen LogP contribution in [0.3, 0.4) is 0 Å². The molecule has 4 rings (SSSR count). The predicted octanol–water partition coefficient (Wildman–Crippen LogP) is 11.5. The maximum atomic E-state index is 11.7. The summed E-state index contributed by atoms with van der Waals surface area (Å²) >= 11 is 0. The molecule has 3 nitrogen and oxygen atoms in total. The van der Waals surface area contributed by atoms with Crippen LogP contribution in [0.1, 0.15) is 96.4 Å². The molecule has 3 aromatic carbocycles. The fraction of sp³-hybridized carbons (Fsp3) is 0.415. The number of rotatable bonds is 9. The van der Waals surface area contributed by atoms with E-state index in [9.17, 15) is 9.90 Å². The molecular formula is C41H52IrNO2-. The van der Waals surface area contributed by atoms with Crippen LogP contribution in [0.2, 0.25) is 0 Å². The van der Waals surface area contributed by atoms with E-state index in [0.29, 0.717) is 0 Å². The topological polar surface area (TPSA) is 50.2 Å². The van der Waals surface area contributed by atoms with Gasteiger partial charge in [0.25, 0.3) is 0 Å². The monoisotopic (exact) mass is 783 g/mol. The average Bonchev–Trinajstić information content (AvgIpc) is 2.98. The van der Waals surface area contributed by atoms with Gasteiger partial charge in [0.1, 0.15) is 0 Å². The van der Waals surface area contributed by atoms with Crippen molar-refractivity contribution >= 4 is 16.7 Å². The standard InChI is InChI=1S/C28H28N.C13H24O2.Ir/c1-18-14-19(2)27-20(3)16-25(29-26(27)15-18)23-9-7-8-22(17-23)21-10-12-24(13-11-21)28(4,5)6;1-5-10(6-2)12(14)9-13(15)11(7-3)8-4;/h7-8,10-17H,1-6H3;9-11,14H,5-8H2,1-4H3;/q-1;;/b;12-9-;. The Morgan fingerprint density at radius 2 is 1.40 bits per heavy atom. The number of aliphatic hydroxyl groups excluding tert-OH is 1. The molecule has 0 saturated heterocycles. The van der Waals surface area contributed by atoms with Gasteiger partial charge in [-0.25, -0.2) is 0 Å². The maximum absolute atomic E-state index is 11.7. The first-order valence-electron chi connectivity index (χ1n) is 16.3. The van der Waals surface area contributed by atoms with Crippen molar-refractivity contribution in [3.05, 3.63) is 101 Å². The Balaban J connectivity index is 0.000000378. The predicted molar refractivity (Wildman–Crippen MR) is 188 cm³/mol. The average molecular weight is 783 g/mol. The Morgan fingerprint density at radius 1 is 0.822 bits per heavy atom. The van der Waals surface area contributed by atoms with Gasteiger partial charge in [0.05, 0.1) is 11.3 Å². The molecule has 4 heteroatoms. The van der Waals surface area contributed by atoms with Gasteiger partial charge in [-0.2, -0.15) is 0 Å². The van der Waals surface area contributed by atoms with E-state index in [-0.39, 0.29) is 48.9 Å². The summed E-state index contributed by atoms with van der Waals surface area (Å²) in [4.78, 5) is 16.7. The van der Waals surface area contributed by atoms with Crippen molar-refractivity contribution in [2.24, 2.45) is 11.8 Å². The summed E-state index contributed by atoms with van der Waals surface area (Å²) in [6.07, 6.45) is 4.91. The molecule has 1 N–H and O–H groups in total. The Morgan fingerprint density at radius 3 is 1.96 bits per heavy atom. The van der Waals surface area contributed by atoms with Crippen LogP contribution >= 0.6 is 0 Å². The molecule has 1 radical (unpaired) electrons. The van der Waals surface area contributed by atoms with Gasteiger partial charge >= 0.3 is 0 Å². The van der Waals surface area contributed by atoms with E-state index in [1.54, 1.807) is 0 Å². The number of hydrogen-bond donors (Lipinski definition) is 1. The molecule has 0 aliphatic carbocycles. The first-order chi connectivity index (χ1) is 20.8. The molecule has 1 heterocycles. The Hall–Kier alpha value is -3.07. The van der Waals surface area contributed by atoms with E-state index >= 15 is 0 Å². The first-order valence-corrected chi connectivity index (χ1v) is 16.3.